The number of benzene rings is 1. The van der Waals surface area contributed by atoms with Crippen molar-refractivity contribution in [1.29, 1.82) is 0 Å². The van der Waals surface area contributed by atoms with E-state index in [-0.39, 0.29) is 6.09 Å². The monoisotopic (exact) mass is 344 g/mol. The maximum Gasteiger partial charge on any atom is 0.412 e. The fourth-order valence-corrected chi connectivity index (χ4v) is 4.39. The zero-order valence-electron chi connectivity index (χ0n) is 15.7. The normalized spacial score (nSPS) is 21.8. The van der Waals surface area contributed by atoms with Crippen LogP contribution in [-0.4, -0.2) is 36.7 Å². The van der Waals surface area contributed by atoms with E-state index in [0.29, 0.717) is 24.3 Å². The third kappa shape index (κ3) is 4.35. The number of ether oxygens (including phenoxy) is 1. The molecule has 0 bridgehead atoms. The van der Waals surface area contributed by atoms with Crippen molar-refractivity contribution in [1.82, 2.24) is 10.2 Å². The number of rotatable bonds is 8. The van der Waals surface area contributed by atoms with Gasteiger partial charge in [0.1, 0.15) is 5.75 Å². The molecule has 1 amide bonds. The van der Waals surface area contributed by atoms with Gasteiger partial charge in [0.05, 0.1) is 0 Å². The summed E-state index contributed by atoms with van der Waals surface area (Å²) in [6.45, 7) is 7.53. The summed E-state index contributed by atoms with van der Waals surface area (Å²) < 4.78 is 5.51. The number of hydrogen-bond donors (Lipinski definition) is 1. The zero-order chi connectivity index (χ0) is 17.6. The lowest BCUT2D eigenvalue weighted by molar-refractivity contribution is 0.200. The topological polar surface area (TPSA) is 41.6 Å². The highest BCUT2D eigenvalue weighted by molar-refractivity contribution is 5.70. The summed E-state index contributed by atoms with van der Waals surface area (Å²) in [7, 11) is 0. The van der Waals surface area contributed by atoms with Gasteiger partial charge in [-0.25, -0.2) is 4.79 Å². The first-order chi connectivity index (χ1) is 12.2. The molecule has 2 atom stereocenters. The van der Waals surface area contributed by atoms with Crippen molar-refractivity contribution in [2.24, 2.45) is 0 Å². The predicted molar refractivity (Wildman–Crippen MR) is 101 cm³/mol. The molecule has 4 nitrogen and oxygen atoms in total. The van der Waals surface area contributed by atoms with E-state index in [1.807, 2.05) is 6.07 Å². The molecule has 3 rings (SSSR count). The van der Waals surface area contributed by atoms with E-state index in [2.05, 4.69) is 36.2 Å². The van der Waals surface area contributed by atoms with Crippen LogP contribution in [0.5, 0.6) is 5.75 Å². The van der Waals surface area contributed by atoms with E-state index in [1.165, 1.54) is 49.9 Å². The van der Waals surface area contributed by atoms with Crippen molar-refractivity contribution >= 4 is 6.09 Å². The van der Waals surface area contributed by atoms with E-state index in [1.54, 1.807) is 0 Å². The van der Waals surface area contributed by atoms with Crippen LogP contribution in [0.25, 0.3) is 0 Å². The minimum Gasteiger partial charge on any atom is -0.410 e. The van der Waals surface area contributed by atoms with Gasteiger partial charge in [-0.1, -0.05) is 39.2 Å². The van der Waals surface area contributed by atoms with Gasteiger partial charge >= 0.3 is 6.09 Å². The van der Waals surface area contributed by atoms with Crippen molar-refractivity contribution in [3.05, 3.63) is 29.3 Å². The van der Waals surface area contributed by atoms with E-state index in [4.69, 9.17) is 4.74 Å². The number of carbonyl (C=O) groups is 1. The van der Waals surface area contributed by atoms with Crippen LogP contribution < -0.4 is 10.1 Å². The molecule has 25 heavy (non-hydrogen) atoms. The molecule has 1 aromatic carbocycles. The highest BCUT2D eigenvalue weighted by Gasteiger charge is 2.40. The van der Waals surface area contributed by atoms with Crippen LogP contribution in [-0.2, 0) is 6.42 Å². The Balaban J connectivity index is 1.54. The van der Waals surface area contributed by atoms with Gasteiger partial charge in [-0.15, -0.1) is 0 Å². The van der Waals surface area contributed by atoms with Crippen molar-refractivity contribution in [2.75, 3.05) is 19.6 Å². The molecule has 0 saturated carbocycles. The van der Waals surface area contributed by atoms with Gasteiger partial charge in [0.15, 0.2) is 0 Å². The number of hydrogen-bond acceptors (Lipinski definition) is 3. The molecule has 1 fully saturated rings. The van der Waals surface area contributed by atoms with Gasteiger partial charge in [-0.2, -0.15) is 0 Å². The van der Waals surface area contributed by atoms with Gasteiger partial charge in [-0.3, -0.25) is 4.90 Å². The summed E-state index contributed by atoms with van der Waals surface area (Å²) in [6, 6.07) is 6.85. The average Bonchev–Trinajstić information content (AvgIpc) is 3.15. The summed E-state index contributed by atoms with van der Waals surface area (Å²) in [4.78, 5) is 14.6. The molecule has 138 valence electrons. The Hall–Kier alpha value is -1.55. The smallest absolute Gasteiger partial charge is 0.410 e. The van der Waals surface area contributed by atoms with Crippen LogP contribution in [0.3, 0.4) is 0 Å². The largest absolute Gasteiger partial charge is 0.412 e. The van der Waals surface area contributed by atoms with Crippen molar-refractivity contribution in [3.8, 4) is 5.75 Å². The second-order valence-electron chi connectivity index (χ2n) is 7.44. The number of likely N-dealkylation sites (tertiary alicyclic amines) is 1. The fraction of sp³-hybridized carbons (Fsp3) is 0.667. The van der Waals surface area contributed by atoms with E-state index >= 15 is 0 Å². The average molecular weight is 344 g/mol. The molecule has 0 unspecified atom stereocenters. The lowest BCUT2D eigenvalue weighted by atomic mass is 9.98. The number of carbonyl (C=O) groups excluding carboxylic acids is 1. The minimum atomic E-state index is -0.329. The molecule has 2 aliphatic rings. The first-order valence-corrected chi connectivity index (χ1v) is 10.1. The van der Waals surface area contributed by atoms with Crippen LogP contribution in [0, 0.1) is 0 Å². The molecule has 1 heterocycles. The molecular formula is C21H32N2O2. The Bertz CT molecular complexity index is 587. The van der Waals surface area contributed by atoms with Gasteiger partial charge in [0, 0.05) is 18.5 Å². The predicted octanol–water partition coefficient (Wildman–Crippen LogP) is 4.48. The maximum absolute atomic E-state index is 12.0. The van der Waals surface area contributed by atoms with E-state index in [0.717, 1.165) is 19.3 Å². The molecule has 1 aliphatic heterocycles. The maximum atomic E-state index is 12.0. The van der Waals surface area contributed by atoms with Crippen LogP contribution >= 0.6 is 0 Å². The fourth-order valence-electron chi connectivity index (χ4n) is 4.39. The van der Waals surface area contributed by atoms with E-state index < -0.39 is 0 Å². The second-order valence-corrected chi connectivity index (χ2v) is 7.44. The summed E-state index contributed by atoms with van der Waals surface area (Å²) in [5.41, 5.74) is 2.83. The van der Waals surface area contributed by atoms with Crippen molar-refractivity contribution in [2.45, 2.75) is 70.8 Å². The molecule has 0 aromatic heterocycles. The third-order valence-electron chi connectivity index (χ3n) is 5.63. The molecule has 1 N–H and O–H groups in total. The van der Waals surface area contributed by atoms with Crippen molar-refractivity contribution in [3.63, 3.8) is 0 Å². The van der Waals surface area contributed by atoms with Crippen LogP contribution in [0.4, 0.5) is 4.79 Å². The number of amides is 1. The van der Waals surface area contributed by atoms with Crippen LogP contribution in [0.15, 0.2) is 18.2 Å². The molecule has 1 aliphatic carbocycles. The lowest BCUT2D eigenvalue weighted by Gasteiger charge is -2.22. The van der Waals surface area contributed by atoms with Crippen LogP contribution in [0.2, 0.25) is 0 Å². The van der Waals surface area contributed by atoms with Crippen LogP contribution in [0.1, 0.15) is 69.4 Å². The number of nitrogens with one attached hydrogen (secondary N) is 1. The molecule has 0 radical (unpaired) electrons. The molecule has 0 spiro atoms. The highest BCUT2D eigenvalue weighted by Crippen LogP contribution is 2.44. The Kier molecular flexibility index (Phi) is 6.35. The van der Waals surface area contributed by atoms with Gasteiger partial charge in [-0.05, 0) is 62.0 Å². The molecule has 4 heteroatoms. The Morgan fingerprint density at radius 3 is 2.92 bits per heavy atom. The first kappa shape index (κ1) is 18.2. The Labute approximate surface area is 151 Å². The second kappa shape index (κ2) is 8.70. The molecular weight excluding hydrogens is 312 g/mol. The first-order valence-electron chi connectivity index (χ1n) is 10.1. The minimum absolute atomic E-state index is 0.329. The lowest BCUT2D eigenvalue weighted by Crippen LogP contribution is -2.31. The molecule has 1 saturated heterocycles. The molecule has 1 aromatic rings. The quantitative estimate of drug-likeness (QED) is 0.707. The van der Waals surface area contributed by atoms with Gasteiger partial charge < -0.3 is 10.1 Å². The Morgan fingerprint density at radius 2 is 2.12 bits per heavy atom. The number of unbranched alkanes of at least 4 members (excludes halogenated alkanes) is 3. The van der Waals surface area contributed by atoms with E-state index in [9.17, 15) is 4.79 Å². The van der Waals surface area contributed by atoms with Gasteiger partial charge in [0.25, 0.3) is 0 Å². The van der Waals surface area contributed by atoms with Gasteiger partial charge in [0.2, 0.25) is 0 Å². The summed E-state index contributed by atoms with van der Waals surface area (Å²) in [5.74, 6) is 1.29. The zero-order valence-corrected chi connectivity index (χ0v) is 15.7. The summed E-state index contributed by atoms with van der Waals surface area (Å²) >= 11 is 0. The van der Waals surface area contributed by atoms with Crippen molar-refractivity contribution < 1.29 is 9.53 Å². The SMILES string of the molecule is CCCCCCNC(=O)Oc1ccc2c(c1)[C@H]1CCN(CCC)[C@H]1C2. The standard InChI is InChI=1S/C21H32N2O2/c1-3-5-6-7-11-22-21(24)25-17-9-8-16-14-20-18(19(16)15-17)10-13-23(20)12-4-2/h8-9,15,18,20H,3-7,10-14H2,1-2H3,(H,22,24)/t18-,20+/m1/s1. The summed E-state index contributed by atoms with van der Waals surface area (Å²) in [6.07, 6.45) is 7.86. The third-order valence-corrected chi connectivity index (χ3v) is 5.63. The summed E-state index contributed by atoms with van der Waals surface area (Å²) in [5, 5.41) is 2.86. The number of nitrogens with zero attached hydrogens (tertiary/aromatic N) is 1. The highest BCUT2D eigenvalue weighted by atomic mass is 16.6. The Morgan fingerprint density at radius 1 is 1.24 bits per heavy atom. The number of fused-ring (bicyclic) bond motifs is 3.